The number of hydrogen-bond acceptors (Lipinski definition) is 4. The van der Waals surface area contributed by atoms with Gasteiger partial charge in [-0.1, -0.05) is 25.9 Å². The summed E-state index contributed by atoms with van der Waals surface area (Å²) >= 11 is 0. The predicted molar refractivity (Wildman–Crippen MR) is 91.2 cm³/mol. The van der Waals surface area contributed by atoms with Crippen molar-refractivity contribution < 1.29 is 9.32 Å². The first-order valence-electron chi connectivity index (χ1n) is 8.51. The number of carbonyl (C=O) groups is 1. The second kappa shape index (κ2) is 6.07. The van der Waals surface area contributed by atoms with Gasteiger partial charge in [-0.3, -0.25) is 9.48 Å². The van der Waals surface area contributed by atoms with E-state index in [4.69, 9.17) is 4.52 Å². The molecule has 1 amide bonds. The van der Waals surface area contributed by atoms with Crippen LogP contribution < -0.4 is 0 Å². The van der Waals surface area contributed by atoms with Gasteiger partial charge in [-0.05, 0) is 25.2 Å². The van der Waals surface area contributed by atoms with Gasteiger partial charge in [-0.15, -0.1) is 0 Å². The Morgan fingerprint density at radius 3 is 2.79 bits per heavy atom. The van der Waals surface area contributed by atoms with E-state index in [1.165, 1.54) is 0 Å². The molecule has 0 spiro atoms. The first-order valence-corrected chi connectivity index (χ1v) is 8.51. The molecule has 1 aliphatic rings. The molecule has 1 fully saturated rings. The maximum atomic E-state index is 12.8. The molecule has 6 heteroatoms. The lowest BCUT2D eigenvalue weighted by atomic mass is 9.91. The van der Waals surface area contributed by atoms with Crippen molar-refractivity contribution in [2.24, 2.45) is 12.5 Å². The first kappa shape index (κ1) is 16.7. The van der Waals surface area contributed by atoms with Crippen LogP contribution in [0.3, 0.4) is 0 Å². The van der Waals surface area contributed by atoms with E-state index in [2.05, 4.69) is 31.0 Å². The van der Waals surface area contributed by atoms with Crippen molar-refractivity contribution >= 4 is 5.91 Å². The topological polar surface area (TPSA) is 64.2 Å². The van der Waals surface area contributed by atoms with Crippen LogP contribution in [0.2, 0.25) is 0 Å². The second-order valence-electron chi connectivity index (χ2n) is 7.92. The number of amides is 1. The van der Waals surface area contributed by atoms with Crippen molar-refractivity contribution in [1.82, 2.24) is 19.8 Å². The molecule has 6 nitrogen and oxygen atoms in total. The number of carbonyl (C=O) groups excluding carboxylic acids is 1. The first-order chi connectivity index (χ1) is 11.2. The van der Waals surface area contributed by atoms with Crippen LogP contribution in [0.5, 0.6) is 0 Å². The van der Waals surface area contributed by atoms with E-state index in [9.17, 15) is 4.79 Å². The summed E-state index contributed by atoms with van der Waals surface area (Å²) in [5.74, 6) is 0.918. The van der Waals surface area contributed by atoms with Gasteiger partial charge in [0.25, 0.3) is 0 Å². The Balaban J connectivity index is 1.92. The maximum Gasteiger partial charge on any atom is 0.223 e. The van der Waals surface area contributed by atoms with Crippen LogP contribution in [0.1, 0.15) is 57.5 Å². The molecule has 0 N–H and O–H groups in total. The molecular weight excluding hydrogens is 304 g/mol. The fraction of sp³-hybridized carbons (Fsp3) is 0.611. The summed E-state index contributed by atoms with van der Waals surface area (Å²) in [6, 6.07) is 1.93. The van der Waals surface area contributed by atoms with Crippen LogP contribution in [0.4, 0.5) is 0 Å². The minimum absolute atomic E-state index is 0.0147. The summed E-state index contributed by atoms with van der Waals surface area (Å²) in [4.78, 5) is 14.7. The third-order valence-electron chi connectivity index (χ3n) is 4.32. The van der Waals surface area contributed by atoms with Crippen LogP contribution in [-0.2, 0) is 11.8 Å². The van der Waals surface area contributed by atoms with Crippen molar-refractivity contribution in [3.8, 4) is 11.3 Å². The van der Waals surface area contributed by atoms with Gasteiger partial charge in [-0.25, -0.2) is 0 Å². The molecule has 0 bridgehead atoms. The van der Waals surface area contributed by atoms with Gasteiger partial charge >= 0.3 is 0 Å². The molecule has 1 aliphatic heterocycles. The highest BCUT2D eigenvalue weighted by Crippen LogP contribution is 2.38. The summed E-state index contributed by atoms with van der Waals surface area (Å²) in [5, 5.41) is 8.62. The minimum Gasteiger partial charge on any atom is -0.356 e. The second-order valence-corrected chi connectivity index (χ2v) is 7.92. The number of aromatic nitrogens is 3. The SMILES string of the molecule is Cc1cc(-c2cn(C)nc2[C@H]2CCCN2C(=O)CC(C)(C)C)on1. The molecule has 0 radical (unpaired) electrons. The van der Waals surface area contributed by atoms with Gasteiger partial charge in [0.15, 0.2) is 5.76 Å². The van der Waals surface area contributed by atoms with E-state index in [0.29, 0.717) is 12.2 Å². The summed E-state index contributed by atoms with van der Waals surface area (Å²) in [5.41, 5.74) is 2.66. The van der Waals surface area contributed by atoms with Crippen LogP contribution in [-0.4, -0.2) is 32.3 Å². The molecule has 3 rings (SSSR count). The van der Waals surface area contributed by atoms with E-state index in [-0.39, 0.29) is 17.4 Å². The van der Waals surface area contributed by atoms with Gasteiger partial charge in [0, 0.05) is 32.3 Å². The zero-order chi connectivity index (χ0) is 17.5. The number of nitrogens with zero attached hydrogens (tertiary/aromatic N) is 4. The summed E-state index contributed by atoms with van der Waals surface area (Å²) in [6.45, 7) is 8.99. The van der Waals surface area contributed by atoms with E-state index < -0.39 is 0 Å². The molecule has 0 aromatic carbocycles. The largest absolute Gasteiger partial charge is 0.356 e. The fourth-order valence-corrected chi connectivity index (χ4v) is 3.34. The minimum atomic E-state index is -0.0147. The van der Waals surface area contributed by atoms with Crippen LogP contribution >= 0.6 is 0 Å². The zero-order valence-corrected chi connectivity index (χ0v) is 15.2. The average molecular weight is 330 g/mol. The third kappa shape index (κ3) is 3.37. The van der Waals surface area contributed by atoms with Crippen molar-refractivity contribution in [3.05, 3.63) is 23.7 Å². The average Bonchev–Trinajstić information content (AvgIpc) is 3.14. The monoisotopic (exact) mass is 330 g/mol. The fourth-order valence-electron chi connectivity index (χ4n) is 3.34. The Morgan fingerprint density at radius 1 is 1.42 bits per heavy atom. The normalized spacial score (nSPS) is 18.4. The van der Waals surface area contributed by atoms with Gasteiger partial charge in [0.1, 0.15) is 0 Å². The molecular formula is C18H26N4O2. The Bertz CT molecular complexity index is 739. The Hall–Kier alpha value is -2.11. The number of hydrogen-bond donors (Lipinski definition) is 0. The Kier molecular flexibility index (Phi) is 4.24. The highest BCUT2D eigenvalue weighted by Gasteiger charge is 2.35. The molecule has 1 atom stereocenters. The van der Waals surface area contributed by atoms with Crippen molar-refractivity contribution in [1.29, 1.82) is 0 Å². The number of rotatable bonds is 3. The quantitative estimate of drug-likeness (QED) is 0.864. The highest BCUT2D eigenvalue weighted by molar-refractivity contribution is 5.78. The Morgan fingerprint density at radius 2 is 2.17 bits per heavy atom. The van der Waals surface area contributed by atoms with E-state index in [1.54, 1.807) is 4.68 Å². The van der Waals surface area contributed by atoms with Crippen molar-refractivity contribution in [2.45, 2.75) is 53.0 Å². The van der Waals surface area contributed by atoms with Crippen LogP contribution in [0.15, 0.2) is 16.8 Å². The van der Waals surface area contributed by atoms with Crippen molar-refractivity contribution in [3.63, 3.8) is 0 Å². The molecule has 0 aliphatic carbocycles. The molecule has 24 heavy (non-hydrogen) atoms. The summed E-state index contributed by atoms with van der Waals surface area (Å²) in [6.07, 6.45) is 4.44. The molecule has 0 saturated carbocycles. The smallest absolute Gasteiger partial charge is 0.223 e. The lowest BCUT2D eigenvalue weighted by Gasteiger charge is -2.27. The predicted octanol–water partition coefficient (Wildman–Crippen LogP) is 3.48. The Labute approximate surface area is 142 Å². The lowest BCUT2D eigenvalue weighted by molar-refractivity contribution is -0.134. The van der Waals surface area contributed by atoms with Crippen LogP contribution in [0, 0.1) is 12.3 Å². The molecule has 0 unspecified atom stereocenters. The van der Waals surface area contributed by atoms with Gasteiger partial charge < -0.3 is 9.42 Å². The summed E-state index contributed by atoms with van der Waals surface area (Å²) in [7, 11) is 1.90. The van der Waals surface area contributed by atoms with Crippen LogP contribution in [0.25, 0.3) is 11.3 Å². The molecule has 2 aromatic rings. The van der Waals surface area contributed by atoms with Crippen molar-refractivity contribution in [2.75, 3.05) is 6.54 Å². The zero-order valence-electron chi connectivity index (χ0n) is 15.2. The molecule has 130 valence electrons. The van der Waals surface area contributed by atoms with E-state index >= 15 is 0 Å². The van der Waals surface area contributed by atoms with E-state index in [1.807, 2.05) is 31.1 Å². The molecule has 1 saturated heterocycles. The number of likely N-dealkylation sites (tertiary alicyclic amines) is 1. The third-order valence-corrected chi connectivity index (χ3v) is 4.32. The molecule has 3 heterocycles. The van der Waals surface area contributed by atoms with Gasteiger partial charge in [0.05, 0.1) is 23.0 Å². The van der Waals surface area contributed by atoms with E-state index in [0.717, 1.165) is 36.3 Å². The molecule has 2 aromatic heterocycles. The maximum absolute atomic E-state index is 12.8. The number of aryl methyl sites for hydroxylation is 2. The van der Waals surface area contributed by atoms with Gasteiger partial charge in [-0.2, -0.15) is 5.10 Å². The highest BCUT2D eigenvalue weighted by atomic mass is 16.5. The van der Waals surface area contributed by atoms with Gasteiger partial charge in [0.2, 0.25) is 5.91 Å². The summed E-state index contributed by atoms with van der Waals surface area (Å²) < 4.78 is 7.22. The standard InChI is InChI=1S/C18H26N4O2/c1-12-9-15(24-20-12)13-11-21(5)19-17(13)14-7-6-8-22(14)16(23)10-18(2,3)4/h9,11,14H,6-8,10H2,1-5H3/t14-/m1/s1. The lowest BCUT2D eigenvalue weighted by Crippen LogP contribution is -2.33.